The largest absolute Gasteiger partial charge is 0.409 e. The van der Waals surface area contributed by atoms with Crippen LogP contribution in [0.1, 0.15) is 25.7 Å². The van der Waals surface area contributed by atoms with Gasteiger partial charge in [-0.3, -0.25) is 0 Å². The number of hydrogen-bond acceptors (Lipinski definition) is 5. The molecule has 0 spiro atoms. The number of oxime groups is 1. The topological polar surface area (TPSA) is 90.9 Å². The van der Waals surface area contributed by atoms with Crippen LogP contribution in [0, 0.1) is 0 Å². The second-order valence-electron chi connectivity index (χ2n) is 3.49. The maximum absolute atomic E-state index is 8.56. The van der Waals surface area contributed by atoms with Crippen LogP contribution in [0.15, 0.2) is 5.16 Å². The molecule has 6 heteroatoms. The zero-order valence-corrected chi connectivity index (χ0v) is 10.5. The van der Waals surface area contributed by atoms with Crippen molar-refractivity contribution in [3.05, 3.63) is 0 Å². The molecule has 0 rings (SSSR count). The molecule has 0 amide bonds. The summed E-state index contributed by atoms with van der Waals surface area (Å²) in [7, 11) is 0. The van der Waals surface area contributed by atoms with Gasteiger partial charge in [0.2, 0.25) is 0 Å². The normalized spacial score (nSPS) is 11.9. The van der Waals surface area contributed by atoms with Gasteiger partial charge in [0, 0.05) is 25.3 Å². The van der Waals surface area contributed by atoms with Crippen molar-refractivity contribution in [1.29, 1.82) is 0 Å². The van der Waals surface area contributed by atoms with E-state index in [-0.39, 0.29) is 6.61 Å². The summed E-state index contributed by atoms with van der Waals surface area (Å²) in [6.07, 6.45) is 3.52. The first-order valence-corrected chi connectivity index (χ1v) is 6.82. The molecule has 0 saturated heterocycles. The van der Waals surface area contributed by atoms with Crippen LogP contribution in [0.4, 0.5) is 0 Å². The fraction of sp³-hybridized carbons (Fsp3) is 0.900. The molecule has 5 N–H and O–H groups in total. The average Bonchev–Trinajstić information content (AvgIpc) is 2.31. The van der Waals surface area contributed by atoms with Crippen molar-refractivity contribution in [1.82, 2.24) is 5.32 Å². The van der Waals surface area contributed by atoms with E-state index in [0.29, 0.717) is 12.3 Å². The minimum atomic E-state index is 0.286. The van der Waals surface area contributed by atoms with Crippen molar-refractivity contribution >= 4 is 17.6 Å². The van der Waals surface area contributed by atoms with Crippen LogP contribution < -0.4 is 11.1 Å². The molecule has 96 valence electrons. The monoisotopic (exact) mass is 249 g/mol. The van der Waals surface area contributed by atoms with E-state index in [2.05, 4.69) is 10.5 Å². The minimum absolute atomic E-state index is 0.286. The Hall–Kier alpha value is -0.460. The van der Waals surface area contributed by atoms with E-state index in [1.807, 2.05) is 11.8 Å². The second kappa shape index (κ2) is 12.6. The van der Waals surface area contributed by atoms with Gasteiger partial charge in [0.15, 0.2) is 0 Å². The Morgan fingerprint density at radius 1 is 1.19 bits per heavy atom. The summed E-state index contributed by atoms with van der Waals surface area (Å²) in [6.45, 7) is 2.26. The van der Waals surface area contributed by atoms with Crippen LogP contribution in [0.25, 0.3) is 0 Å². The molecular formula is C10H23N3O2S. The van der Waals surface area contributed by atoms with Crippen LogP contribution in [0.5, 0.6) is 0 Å². The maximum Gasteiger partial charge on any atom is 0.139 e. The molecule has 0 fully saturated rings. The summed E-state index contributed by atoms with van der Waals surface area (Å²) in [5, 5.41) is 23.1. The van der Waals surface area contributed by atoms with E-state index < -0.39 is 0 Å². The predicted octanol–water partition coefficient (Wildman–Crippen LogP) is 0.608. The Labute approximate surface area is 101 Å². The van der Waals surface area contributed by atoms with Crippen molar-refractivity contribution < 1.29 is 10.3 Å². The highest BCUT2D eigenvalue weighted by Crippen LogP contribution is 2.00. The highest BCUT2D eigenvalue weighted by atomic mass is 32.2. The van der Waals surface area contributed by atoms with Crippen molar-refractivity contribution in [2.45, 2.75) is 25.7 Å². The smallest absolute Gasteiger partial charge is 0.139 e. The van der Waals surface area contributed by atoms with Crippen LogP contribution in [0.2, 0.25) is 0 Å². The molecular weight excluding hydrogens is 226 g/mol. The minimum Gasteiger partial charge on any atom is -0.409 e. The molecule has 0 bridgehead atoms. The van der Waals surface area contributed by atoms with Crippen LogP contribution in [0.3, 0.4) is 0 Å². The van der Waals surface area contributed by atoms with Gasteiger partial charge in [-0.15, -0.1) is 0 Å². The van der Waals surface area contributed by atoms with Gasteiger partial charge in [0.05, 0.1) is 0 Å². The molecule has 0 aliphatic heterocycles. The summed E-state index contributed by atoms with van der Waals surface area (Å²) in [6, 6.07) is 0. The van der Waals surface area contributed by atoms with Gasteiger partial charge < -0.3 is 21.4 Å². The molecule has 0 aromatic carbocycles. The van der Waals surface area contributed by atoms with Gasteiger partial charge in [-0.1, -0.05) is 5.16 Å². The Morgan fingerprint density at radius 3 is 2.69 bits per heavy atom. The van der Waals surface area contributed by atoms with Gasteiger partial charge in [0.25, 0.3) is 0 Å². The predicted molar refractivity (Wildman–Crippen MR) is 69.2 cm³/mol. The molecule has 0 aromatic heterocycles. The summed E-state index contributed by atoms with van der Waals surface area (Å²) in [5.41, 5.74) is 5.34. The number of rotatable bonds is 11. The van der Waals surface area contributed by atoms with Gasteiger partial charge >= 0.3 is 0 Å². The molecule has 5 nitrogen and oxygen atoms in total. The van der Waals surface area contributed by atoms with E-state index in [1.54, 1.807) is 0 Å². The third kappa shape index (κ3) is 11.6. The lowest BCUT2D eigenvalue weighted by Crippen LogP contribution is -2.19. The van der Waals surface area contributed by atoms with Crippen LogP contribution in [-0.4, -0.2) is 47.4 Å². The van der Waals surface area contributed by atoms with Crippen LogP contribution in [-0.2, 0) is 0 Å². The first-order chi connectivity index (χ1) is 7.81. The quantitative estimate of drug-likeness (QED) is 0.142. The molecule has 0 atom stereocenters. The molecule has 16 heavy (non-hydrogen) atoms. The molecule has 0 aliphatic rings. The molecule has 0 aromatic rings. The number of nitrogens with one attached hydrogen (secondary N) is 1. The number of unbranched alkanes of at least 4 members (excludes halogenated alkanes) is 1. The van der Waals surface area contributed by atoms with Crippen molar-refractivity contribution in [3.63, 3.8) is 0 Å². The number of aliphatic hydroxyl groups is 1. The summed E-state index contributed by atoms with van der Waals surface area (Å²) >= 11 is 1.86. The first-order valence-electron chi connectivity index (χ1n) is 5.67. The molecule has 0 saturated carbocycles. The van der Waals surface area contributed by atoms with Crippen molar-refractivity contribution in [2.24, 2.45) is 10.9 Å². The van der Waals surface area contributed by atoms with E-state index in [0.717, 1.165) is 43.9 Å². The number of hydrogen-bond donors (Lipinski definition) is 4. The molecule has 0 unspecified atom stereocenters. The zero-order chi connectivity index (χ0) is 12.1. The van der Waals surface area contributed by atoms with Gasteiger partial charge in [-0.05, 0) is 31.6 Å². The van der Waals surface area contributed by atoms with E-state index in [4.69, 9.17) is 16.0 Å². The van der Waals surface area contributed by atoms with Gasteiger partial charge in [-0.25, -0.2) is 0 Å². The number of nitrogens with two attached hydrogens (primary N) is 1. The summed E-state index contributed by atoms with van der Waals surface area (Å²) in [4.78, 5) is 0. The lowest BCUT2D eigenvalue weighted by atomic mass is 10.2. The number of aliphatic hydroxyl groups excluding tert-OH is 1. The maximum atomic E-state index is 8.56. The highest BCUT2D eigenvalue weighted by molar-refractivity contribution is 7.99. The number of amidine groups is 1. The number of nitrogens with zero attached hydrogens (tertiary/aromatic N) is 1. The first kappa shape index (κ1) is 15.5. The lowest BCUT2D eigenvalue weighted by Gasteiger charge is -2.04. The Balaban J connectivity index is 2.99. The van der Waals surface area contributed by atoms with Gasteiger partial charge in [-0.2, -0.15) is 11.8 Å². The Kier molecular flexibility index (Phi) is 12.2. The highest BCUT2D eigenvalue weighted by Gasteiger charge is 1.94. The van der Waals surface area contributed by atoms with E-state index in [1.165, 1.54) is 0 Å². The summed E-state index contributed by atoms with van der Waals surface area (Å²) in [5.74, 6) is 2.42. The van der Waals surface area contributed by atoms with E-state index in [9.17, 15) is 0 Å². The fourth-order valence-electron chi connectivity index (χ4n) is 1.14. The third-order valence-electron chi connectivity index (χ3n) is 2.03. The molecule has 0 radical (unpaired) electrons. The number of thioether (sulfide) groups is 1. The van der Waals surface area contributed by atoms with E-state index >= 15 is 0 Å². The Morgan fingerprint density at radius 2 is 2.00 bits per heavy atom. The molecule has 0 heterocycles. The lowest BCUT2D eigenvalue weighted by molar-refractivity contribution is 0.296. The Bertz CT molecular complexity index is 179. The van der Waals surface area contributed by atoms with Crippen LogP contribution >= 0.6 is 11.8 Å². The second-order valence-corrected chi connectivity index (χ2v) is 4.71. The third-order valence-corrected chi connectivity index (χ3v) is 3.11. The van der Waals surface area contributed by atoms with Crippen molar-refractivity contribution in [3.8, 4) is 0 Å². The standard InChI is InChI=1S/C10H23N3O2S/c11-10(13-15)4-1-2-5-12-6-9-16-8-3-7-14/h12,14-15H,1-9H2,(H2,11,13). The summed E-state index contributed by atoms with van der Waals surface area (Å²) < 4.78 is 0. The van der Waals surface area contributed by atoms with Gasteiger partial charge in [0.1, 0.15) is 5.84 Å². The average molecular weight is 249 g/mol. The fourth-order valence-corrected chi connectivity index (χ4v) is 1.97. The zero-order valence-electron chi connectivity index (χ0n) is 9.69. The van der Waals surface area contributed by atoms with Crippen molar-refractivity contribution in [2.75, 3.05) is 31.2 Å². The molecule has 0 aliphatic carbocycles. The SMILES string of the molecule is NC(CCCCNCCSCCCO)=NO.